The zero-order valence-corrected chi connectivity index (χ0v) is 25.9. The van der Waals surface area contributed by atoms with E-state index in [2.05, 4.69) is 50.3 Å². The summed E-state index contributed by atoms with van der Waals surface area (Å²) in [7, 11) is 0. The van der Waals surface area contributed by atoms with Gasteiger partial charge in [-0.25, -0.2) is 0 Å². The third-order valence-electron chi connectivity index (χ3n) is 7.34. The highest BCUT2D eigenvalue weighted by Gasteiger charge is 2.02. The summed E-state index contributed by atoms with van der Waals surface area (Å²) in [4.78, 5) is 11.9. The molecule has 2 heteroatoms. The molecule has 38 heavy (non-hydrogen) atoms. The zero-order chi connectivity index (χ0) is 27.6. The van der Waals surface area contributed by atoms with Crippen LogP contribution in [0.2, 0.25) is 0 Å². The zero-order valence-electron chi connectivity index (χ0n) is 25.9. The SMILES string of the molecule is CCCCC=CC=CC=CCCCCCCCC(=O)OCCCCCCCCCCCCCCCCCC. The van der Waals surface area contributed by atoms with Crippen LogP contribution in [0.1, 0.15) is 181 Å². The number of allylic oxidation sites excluding steroid dienone is 6. The van der Waals surface area contributed by atoms with Crippen LogP contribution in [0.3, 0.4) is 0 Å². The highest BCUT2D eigenvalue weighted by atomic mass is 16.5. The van der Waals surface area contributed by atoms with Gasteiger partial charge in [-0.3, -0.25) is 4.79 Å². The molecule has 0 aromatic rings. The van der Waals surface area contributed by atoms with Crippen molar-refractivity contribution in [3.05, 3.63) is 36.5 Å². The van der Waals surface area contributed by atoms with E-state index >= 15 is 0 Å². The Bertz CT molecular complexity index is 546. The summed E-state index contributed by atoms with van der Waals surface area (Å²) in [6.07, 6.45) is 46.2. The van der Waals surface area contributed by atoms with Gasteiger partial charge in [0.2, 0.25) is 0 Å². The van der Waals surface area contributed by atoms with Gasteiger partial charge in [-0.05, 0) is 32.1 Å². The van der Waals surface area contributed by atoms with Crippen LogP contribution in [0.4, 0.5) is 0 Å². The van der Waals surface area contributed by atoms with E-state index in [1.807, 2.05) is 0 Å². The van der Waals surface area contributed by atoms with Crippen molar-refractivity contribution in [3.8, 4) is 0 Å². The number of unbranched alkanes of at least 4 members (excludes halogenated alkanes) is 22. The maximum atomic E-state index is 11.9. The Labute approximate surface area is 239 Å². The number of carbonyl (C=O) groups is 1. The Hall–Kier alpha value is -1.31. The molecule has 0 unspecified atom stereocenters. The molecule has 0 saturated heterocycles. The molecule has 0 fully saturated rings. The van der Waals surface area contributed by atoms with Crippen LogP contribution < -0.4 is 0 Å². The van der Waals surface area contributed by atoms with Crippen molar-refractivity contribution < 1.29 is 9.53 Å². The summed E-state index contributed by atoms with van der Waals surface area (Å²) in [5.74, 6) is 0.00410. The molecular weight excluding hydrogens is 464 g/mol. The van der Waals surface area contributed by atoms with E-state index in [1.54, 1.807) is 0 Å². The second-order valence-electron chi connectivity index (χ2n) is 11.2. The number of ether oxygens (including phenoxy) is 1. The number of hydrogen-bond acceptors (Lipinski definition) is 2. The maximum absolute atomic E-state index is 11.9. The van der Waals surface area contributed by atoms with Crippen LogP contribution in [0.5, 0.6) is 0 Å². The van der Waals surface area contributed by atoms with Crippen molar-refractivity contribution in [1.29, 1.82) is 0 Å². The van der Waals surface area contributed by atoms with Crippen LogP contribution in [-0.4, -0.2) is 12.6 Å². The van der Waals surface area contributed by atoms with Gasteiger partial charge in [0, 0.05) is 6.42 Å². The average Bonchev–Trinajstić information content (AvgIpc) is 2.92. The molecule has 0 aliphatic heterocycles. The van der Waals surface area contributed by atoms with E-state index in [4.69, 9.17) is 4.74 Å². The molecule has 222 valence electrons. The van der Waals surface area contributed by atoms with Gasteiger partial charge in [-0.1, -0.05) is 179 Å². The summed E-state index contributed by atoms with van der Waals surface area (Å²) in [5.41, 5.74) is 0. The monoisotopic (exact) mass is 531 g/mol. The fourth-order valence-electron chi connectivity index (χ4n) is 4.77. The lowest BCUT2D eigenvalue weighted by molar-refractivity contribution is -0.143. The summed E-state index contributed by atoms with van der Waals surface area (Å²) >= 11 is 0. The van der Waals surface area contributed by atoms with E-state index in [9.17, 15) is 4.79 Å². The van der Waals surface area contributed by atoms with Gasteiger partial charge in [0.05, 0.1) is 6.61 Å². The molecule has 0 saturated carbocycles. The van der Waals surface area contributed by atoms with E-state index in [0.29, 0.717) is 13.0 Å². The maximum Gasteiger partial charge on any atom is 0.305 e. The number of carbonyl (C=O) groups excluding carboxylic acids is 1. The lowest BCUT2D eigenvalue weighted by atomic mass is 10.0. The van der Waals surface area contributed by atoms with Crippen LogP contribution in [0.15, 0.2) is 36.5 Å². The summed E-state index contributed by atoms with van der Waals surface area (Å²) < 4.78 is 5.42. The Balaban J connectivity index is 3.25. The minimum Gasteiger partial charge on any atom is -0.466 e. The first kappa shape index (κ1) is 36.7. The predicted molar refractivity (Wildman–Crippen MR) is 170 cm³/mol. The predicted octanol–water partition coefficient (Wildman–Crippen LogP) is 12.4. The molecule has 0 amide bonds. The normalized spacial score (nSPS) is 11.9. The number of rotatable bonds is 30. The standard InChI is InChI=1S/C36H66O2/c1-3-5-7-9-11-13-15-17-19-21-23-25-27-29-31-33-35-38-36(37)34-32-30-28-26-24-22-20-18-16-14-12-10-8-6-4-2/h10,12,14,16,18,20H,3-9,11,13,15,17,19,21-35H2,1-2H3. The Morgan fingerprint density at radius 2 is 0.842 bits per heavy atom. The third kappa shape index (κ3) is 32.7. The third-order valence-corrected chi connectivity index (χ3v) is 7.34. The van der Waals surface area contributed by atoms with Gasteiger partial charge in [0.1, 0.15) is 0 Å². The van der Waals surface area contributed by atoms with Gasteiger partial charge in [-0.2, -0.15) is 0 Å². The lowest BCUT2D eigenvalue weighted by Gasteiger charge is -2.05. The molecule has 0 heterocycles. The summed E-state index contributed by atoms with van der Waals surface area (Å²) in [5, 5.41) is 0. The topological polar surface area (TPSA) is 26.3 Å². The number of esters is 1. The highest BCUT2D eigenvalue weighted by molar-refractivity contribution is 5.69. The summed E-state index contributed by atoms with van der Waals surface area (Å²) in [6, 6.07) is 0. The minimum atomic E-state index is 0.00410. The smallest absolute Gasteiger partial charge is 0.305 e. The minimum absolute atomic E-state index is 0.00410. The summed E-state index contributed by atoms with van der Waals surface area (Å²) in [6.45, 7) is 5.13. The second kappa shape index (κ2) is 33.7. The van der Waals surface area contributed by atoms with Crippen molar-refractivity contribution in [1.82, 2.24) is 0 Å². The molecule has 0 aromatic carbocycles. The van der Waals surface area contributed by atoms with E-state index < -0.39 is 0 Å². The van der Waals surface area contributed by atoms with Gasteiger partial charge in [0.15, 0.2) is 0 Å². The van der Waals surface area contributed by atoms with Crippen LogP contribution >= 0.6 is 0 Å². The van der Waals surface area contributed by atoms with Crippen LogP contribution in [0.25, 0.3) is 0 Å². The van der Waals surface area contributed by atoms with Crippen LogP contribution in [-0.2, 0) is 9.53 Å². The molecular formula is C36H66O2. The van der Waals surface area contributed by atoms with E-state index in [1.165, 1.54) is 135 Å². The van der Waals surface area contributed by atoms with Crippen molar-refractivity contribution in [2.45, 2.75) is 181 Å². The van der Waals surface area contributed by atoms with E-state index in [-0.39, 0.29) is 5.97 Å². The molecule has 0 aliphatic rings. The fraction of sp³-hybridized carbons (Fsp3) is 0.806. The second-order valence-corrected chi connectivity index (χ2v) is 11.2. The van der Waals surface area contributed by atoms with Gasteiger partial charge in [-0.15, -0.1) is 0 Å². The molecule has 0 spiro atoms. The van der Waals surface area contributed by atoms with Crippen molar-refractivity contribution in [3.63, 3.8) is 0 Å². The Morgan fingerprint density at radius 3 is 1.34 bits per heavy atom. The quantitative estimate of drug-likeness (QED) is 0.0524. The van der Waals surface area contributed by atoms with Crippen molar-refractivity contribution >= 4 is 5.97 Å². The first-order valence-electron chi connectivity index (χ1n) is 16.9. The Morgan fingerprint density at radius 1 is 0.447 bits per heavy atom. The van der Waals surface area contributed by atoms with E-state index in [0.717, 1.165) is 25.7 Å². The van der Waals surface area contributed by atoms with Gasteiger partial charge < -0.3 is 4.74 Å². The average molecular weight is 531 g/mol. The molecule has 2 nitrogen and oxygen atoms in total. The molecule has 0 rings (SSSR count). The largest absolute Gasteiger partial charge is 0.466 e. The van der Waals surface area contributed by atoms with Crippen molar-refractivity contribution in [2.75, 3.05) is 6.61 Å². The lowest BCUT2D eigenvalue weighted by Crippen LogP contribution is -2.05. The van der Waals surface area contributed by atoms with Crippen LogP contribution in [0, 0.1) is 0 Å². The first-order valence-corrected chi connectivity index (χ1v) is 16.9. The molecule has 0 aromatic heterocycles. The molecule has 0 aliphatic carbocycles. The molecule has 0 radical (unpaired) electrons. The molecule has 0 N–H and O–H groups in total. The first-order chi connectivity index (χ1) is 18.8. The van der Waals surface area contributed by atoms with Gasteiger partial charge in [0.25, 0.3) is 0 Å². The molecule has 0 bridgehead atoms. The van der Waals surface area contributed by atoms with Crippen molar-refractivity contribution in [2.24, 2.45) is 0 Å². The fourth-order valence-corrected chi connectivity index (χ4v) is 4.77. The Kier molecular flexibility index (Phi) is 32.6. The number of hydrogen-bond donors (Lipinski definition) is 0. The highest BCUT2D eigenvalue weighted by Crippen LogP contribution is 2.14. The molecule has 0 atom stereocenters. The van der Waals surface area contributed by atoms with Gasteiger partial charge >= 0.3 is 5.97 Å².